The largest absolute Gasteiger partial charge is 0.507 e. The number of carbonyl (C=O) groups is 2. The summed E-state index contributed by atoms with van der Waals surface area (Å²) in [4.78, 5) is 32.8. The summed E-state index contributed by atoms with van der Waals surface area (Å²) in [7, 11) is 1.42. The van der Waals surface area contributed by atoms with Crippen molar-refractivity contribution in [2.24, 2.45) is 0 Å². The van der Waals surface area contributed by atoms with Crippen molar-refractivity contribution in [1.29, 1.82) is 0 Å². The Balaban J connectivity index is 1.77. The molecule has 1 amide bonds. The maximum absolute atomic E-state index is 13.4. The zero-order valence-electron chi connectivity index (χ0n) is 19.3. The summed E-state index contributed by atoms with van der Waals surface area (Å²) in [5.41, 5.74) is 3.63. The molecule has 0 radical (unpaired) electrons. The van der Waals surface area contributed by atoms with Crippen LogP contribution in [0.3, 0.4) is 0 Å². The van der Waals surface area contributed by atoms with Crippen LogP contribution in [0.15, 0.2) is 66.2 Å². The van der Waals surface area contributed by atoms with Gasteiger partial charge >= 0.3 is 5.91 Å². The molecule has 176 valence electrons. The standard InChI is InChI=1S/C27H22N2O5S/c1-14-11-15(2)22-20(12-14)35-27(28-22)29-23(17-9-10-18(30)19(13-17)34-3)21(25(32)26(29)33)24(31)16-7-5-4-6-8-16/h4-13,23,30-31H,1-3H3/b24-21+. The lowest BCUT2D eigenvalue weighted by atomic mass is 9.95. The third-order valence-corrected chi connectivity index (χ3v) is 7.04. The van der Waals surface area contributed by atoms with Gasteiger partial charge in [-0.25, -0.2) is 4.98 Å². The van der Waals surface area contributed by atoms with Crippen molar-refractivity contribution >= 4 is 44.1 Å². The highest BCUT2D eigenvalue weighted by molar-refractivity contribution is 7.22. The molecule has 4 aromatic rings. The SMILES string of the molecule is COc1cc(C2/C(=C(\O)c3ccccc3)C(=O)C(=O)N2c2nc3c(C)cc(C)cc3s2)ccc1O. The molecule has 2 N–H and O–H groups in total. The van der Waals surface area contributed by atoms with E-state index >= 15 is 0 Å². The number of hydrogen-bond acceptors (Lipinski definition) is 7. The number of aliphatic hydroxyl groups excluding tert-OH is 1. The fourth-order valence-electron chi connectivity index (χ4n) is 4.42. The number of ketones is 1. The van der Waals surface area contributed by atoms with E-state index in [0.717, 1.165) is 21.3 Å². The number of Topliss-reactive ketones (excluding diaryl/α,β-unsaturated/α-hetero) is 1. The van der Waals surface area contributed by atoms with E-state index in [1.807, 2.05) is 26.0 Å². The molecule has 0 saturated carbocycles. The van der Waals surface area contributed by atoms with Gasteiger partial charge in [-0.3, -0.25) is 14.5 Å². The number of phenolic OH excluding ortho intramolecular Hbond substituents is 1. The Morgan fingerprint density at radius 3 is 2.51 bits per heavy atom. The highest BCUT2D eigenvalue weighted by Gasteiger charge is 2.48. The quantitative estimate of drug-likeness (QED) is 0.232. The van der Waals surface area contributed by atoms with Crippen LogP contribution in [0.4, 0.5) is 5.13 Å². The third-order valence-electron chi connectivity index (χ3n) is 6.04. The van der Waals surface area contributed by atoms with Crippen molar-refractivity contribution in [2.75, 3.05) is 12.0 Å². The van der Waals surface area contributed by atoms with Gasteiger partial charge in [0.15, 0.2) is 16.6 Å². The summed E-state index contributed by atoms with van der Waals surface area (Å²) < 4.78 is 6.16. The van der Waals surface area contributed by atoms with Crippen molar-refractivity contribution in [3.8, 4) is 11.5 Å². The number of hydrogen-bond donors (Lipinski definition) is 2. The van der Waals surface area contributed by atoms with Crippen LogP contribution >= 0.6 is 11.3 Å². The Labute approximate surface area is 205 Å². The number of benzene rings is 3. The average molecular weight is 487 g/mol. The second-order valence-electron chi connectivity index (χ2n) is 8.39. The molecular formula is C27H22N2O5S. The van der Waals surface area contributed by atoms with Gasteiger partial charge in [-0.05, 0) is 48.7 Å². The first-order chi connectivity index (χ1) is 16.8. The van der Waals surface area contributed by atoms with Crippen LogP contribution in [-0.4, -0.2) is 34.0 Å². The number of amides is 1. The molecule has 1 atom stereocenters. The number of fused-ring (bicyclic) bond motifs is 1. The fraction of sp³-hybridized carbons (Fsp3) is 0.148. The molecule has 1 saturated heterocycles. The smallest absolute Gasteiger partial charge is 0.301 e. The first-order valence-corrected chi connectivity index (χ1v) is 11.7. The second kappa shape index (κ2) is 8.56. The van der Waals surface area contributed by atoms with Crippen LogP contribution in [0.25, 0.3) is 16.0 Å². The molecule has 0 bridgehead atoms. The molecule has 35 heavy (non-hydrogen) atoms. The monoisotopic (exact) mass is 486 g/mol. The molecular weight excluding hydrogens is 464 g/mol. The van der Waals surface area contributed by atoms with Gasteiger partial charge in [-0.1, -0.05) is 53.8 Å². The Bertz CT molecular complexity index is 1520. The topological polar surface area (TPSA) is 100.0 Å². The zero-order chi connectivity index (χ0) is 24.9. The minimum Gasteiger partial charge on any atom is -0.507 e. The number of aromatic hydroxyl groups is 1. The molecule has 0 spiro atoms. The van der Waals surface area contributed by atoms with E-state index < -0.39 is 17.7 Å². The minimum atomic E-state index is -0.966. The Morgan fingerprint density at radius 2 is 1.80 bits per heavy atom. The maximum Gasteiger partial charge on any atom is 0.301 e. The predicted molar refractivity (Wildman–Crippen MR) is 135 cm³/mol. The second-order valence-corrected chi connectivity index (χ2v) is 9.40. The number of aryl methyl sites for hydroxylation is 2. The molecule has 0 aliphatic carbocycles. The van der Waals surface area contributed by atoms with Crippen LogP contribution < -0.4 is 9.64 Å². The zero-order valence-corrected chi connectivity index (χ0v) is 20.1. The van der Waals surface area contributed by atoms with E-state index in [0.29, 0.717) is 16.3 Å². The van der Waals surface area contributed by atoms with Crippen LogP contribution in [0, 0.1) is 13.8 Å². The molecule has 1 aliphatic heterocycles. The molecule has 7 nitrogen and oxygen atoms in total. The van der Waals surface area contributed by atoms with Crippen molar-refractivity contribution in [3.63, 3.8) is 0 Å². The number of aliphatic hydroxyl groups is 1. The number of nitrogens with zero attached hydrogens (tertiary/aromatic N) is 2. The molecule has 2 heterocycles. The maximum atomic E-state index is 13.4. The van der Waals surface area contributed by atoms with E-state index in [1.54, 1.807) is 42.5 Å². The summed E-state index contributed by atoms with van der Waals surface area (Å²) in [5.74, 6) is -1.77. The molecule has 1 aromatic heterocycles. The van der Waals surface area contributed by atoms with Crippen LogP contribution in [-0.2, 0) is 9.59 Å². The molecule has 1 unspecified atom stereocenters. The van der Waals surface area contributed by atoms with E-state index in [1.165, 1.54) is 29.4 Å². The molecule has 8 heteroatoms. The number of anilines is 1. The number of methoxy groups -OCH3 is 1. The Kier molecular flexibility index (Phi) is 5.53. The number of thiazole rings is 1. The van der Waals surface area contributed by atoms with Crippen LogP contribution in [0.1, 0.15) is 28.3 Å². The summed E-state index contributed by atoms with van der Waals surface area (Å²) in [5, 5.41) is 21.7. The van der Waals surface area contributed by atoms with Gasteiger partial charge in [-0.2, -0.15) is 0 Å². The number of rotatable bonds is 4. The van der Waals surface area contributed by atoms with Gasteiger partial charge in [-0.15, -0.1) is 0 Å². The van der Waals surface area contributed by atoms with Gasteiger partial charge in [0.2, 0.25) is 0 Å². The summed E-state index contributed by atoms with van der Waals surface area (Å²) in [6.45, 7) is 3.94. The van der Waals surface area contributed by atoms with Gasteiger partial charge in [0.1, 0.15) is 5.76 Å². The fourth-order valence-corrected chi connectivity index (χ4v) is 5.59. The minimum absolute atomic E-state index is 0.0545. The number of phenols is 1. The third kappa shape index (κ3) is 3.72. The molecule has 5 rings (SSSR count). The lowest BCUT2D eigenvalue weighted by Crippen LogP contribution is -2.29. The van der Waals surface area contributed by atoms with Gasteiger partial charge in [0, 0.05) is 5.56 Å². The lowest BCUT2D eigenvalue weighted by molar-refractivity contribution is -0.132. The van der Waals surface area contributed by atoms with E-state index in [4.69, 9.17) is 9.72 Å². The molecule has 1 fully saturated rings. The van der Waals surface area contributed by atoms with E-state index in [9.17, 15) is 19.8 Å². The van der Waals surface area contributed by atoms with E-state index in [-0.39, 0.29) is 22.8 Å². The molecule has 3 aromatic carbocycles. The summed E-state index contributed by atoms with van der Waals surface area (Å²) in [6, 6.07) is 16.2. The van der Waals surface area contributed by atoms with Gasteiger partial charge < -0.3 is 14.9 Å². The first-order valence-electron chi connectivity index (χ1n) is 10.9. The summed E-state index contributed by atoms with van der Waals surface area (Å²) >= 11 is 1.31. The number of aromatic nitrogens is 1. The lowest BCUT2D eigenvalue weighted by Gasteiger charge is -2.23. The average Bonchev–Trinajstić information content (AvgIpc) is 3.38. The van der Waals surface area contributed by atoms with E-state index in [2.05, 4.69) is 0 Å². The van der Waals surface area contributed by atoms with Crippen LogP contribution in [0.5, 0.6) is 11.5 Å². The first kappa shape index (κ1) is 22.6. The van der Waals surface area contributed by atoms with Gasteiger partial charge in [0.25, 0.3) is 5.78 Å². The van der Waals surface area contributed by atoms with Crippen molar-refractivity contribution in [3.05, 3.63) is 88.5 Å². The Hall–Kier alpha value is -4.17. The highest BCUT2D eigenvalue weighted by Crippen LogP contribution is 2.46. The van der Waals surface area contributed by atoms with Crippen LogP contribution in [0.2, 0.25) is 0 Å². The predicted octanol–water partition coefficient (Wildman–Crippen LogP) is 5.25. The Morgan fingerprint density at radius 1 is 1.06 bits per heavy atom. The normalized spacial score (nSPS) is 17.3. The number of ether oxygens (including phenoxy) is 1. The molecule has 1 aliphatic rings. The van der Waals surface area contributed by atoms with Crippen molar-refractivity contribution < 1.29 is 24.5 Å². The van der Waals surface area contributed by atoms with Gasteiger partial charge in [0.05, 0.1) is 28.9 Å². The highest BCUT2D eigenvalue weighted by atomic mass is 32.1. The number of carbonyl (C=O) groups excluding carboxylic acids is 2. The van der Waals surface area contributed by atoms with Crippen molar-refractivity contribution in [1.82, 2.24) is 4.98 Å². The van der Waals surface area contributed by atoms with Crippen molar-refractivity contribution in [2.45, 2.75) is 19.9 Å². The summed E-state index contributed by atoms with van der Waals surface area (Å²) in [6.07, 6.45) is 0.